The Labute approximate surface area is 96.2 Å². The number of hydrogen-bond donors (Lipinski definition) is 0. The van der Waals surface area contributed by atoms with E-state index in [0.717, 1.165) is 5.92 Å². The molecular formula is C13H19NS. The Kier molecular flexibility index (Phi) is 3.95. The summed E-state index contributed by atoms with van der Waals surface area (Å²) in [5, 5.41) is 4.25. The molecule has 1 nitrogen and oxygen atoms in total. The summed E-state index contributed by atoms with van der Waals surface area (Å²) in [6.45, 7) is 2.26. The number of rotatable bonds is 3. The van der Waals surface area contributed by atoms with Crippen LogP contribution in [0.1, 0.15) is 44.6 Å². The van der Waals surface area contributed by atoms with Crippen LogP contribution in [0.15, 0.2) is 21.8 Å². The van der Waals surface area contributed by atoms with E-state index >= 15 is 0 Å². The van der Waals surface area contributed by atoms with Crippen LogP contribution in [0.5, 0.6) is 0 Å². The largest absolute Gasteiger partial charge is 0.289 e. The molecule has 1 atom stereocenters. The highest BCUT2D eigenvalue weighted by Gasteiger charge is 2.18. The summed E-state index contributed by atoms with van der Waals surface area (Å²) in [5.41, 5.74) is 1.25. The molecule has 0 radical (unpaired) electrons. The van der Waals surface area contributed by atoms with Gasteiger partial charge in [-0.1, -0.05) is 19.3 Å². The van der Waals surface area contributed by atoms with Crippen molar-refractivity contribution in [2.45, 2.75) is 45.1 Å². The van der Waals surface area contributed by atoms with E-state index in [1.54, 1.807) is 11.3 Å². The van der Waals surface area contributed by atoms with Crippen LogP contribution in [0.25, 0.3) is 0 Å². The van der Waals surface area contributed by atoms with Crippen LogP contribution >= 0.6 is 11.3 Å². The highest BCUT2D eigenvalue weighted by Crippen LogP contribution is 2.27. The Hall–Kier alpha value is -0.630. The van der Waals surface area contributed by atoms with Crippen molar-refractivity contribution in [1.29, 1.82) is 0 Å². The smallest absolute Gasteiger partial charge is 0.0499 e. The van der Waals surface area contributed by atoms with Gasteiger partial charge in [0.2, 0.25) is 0 Å². The van der Waals surface area contributed by atoms with Crippen molar-refractivity contribution >= 4 is 17.6 Å². The third-order valence-electron chi connectivity index (χ3n) is 3.33. The fourth-order valence-corrected chi connectivity index (χ4v) is 2.90. The molecule has 0 aliphatic heterocycles. The molecule has 0 spiro atoms. The first-order valence-electron chi connectivity index (χ1n) is 5.91. The van der Waals surface area contributed by atoms with Crippen molar-refractivity contribution in [1.82, 2.24) is 0 Å². The molecule has 1 aliphatic rings. The molecule has 1 aromatic heterocycles. The SMILES string of the molecule is C[C@H](N=Cc1ccsc1)C1CCCCC1. The maximum Gasteiger partial charge on any atom is 0.0499 e. The molecule has 1 aliphatic carbocycles. The van der Waals surface area contributed by atoms with Crippen molar-refractivity contribution < 1.29 is 0 Å². The van der Waals surface area contributed by atoms with E-state index in [9.17, 15) is 0 Å². The van der Waals surface area contributed by atoms with Gasteiger partial charge >= 0.3 is 0 Å². The number of hydrogen-bond acceptors (Lipinski definition) is 2. The van der Waals surface area contributed by atoms with Crippen LogP contribution in [0.3, 0.4) is 0 Å². The summed E-state index contributed by atoms with van der Waals surface area (Å²) in [5.74, 6) is 0.827. The first-order chi connectivity index (χ1) is 7.36. The van der Waals surface area contributed by atoms with Crippen LogP contribution < -0.4 is 0 Å². The van der Waals surface area contributed by atoms with Crippen molar-refractivity contribution in [2.24, 2.45) is 10.9 Å². The maximum absolute atomic E-state index is 4.67. The van der Waals surface area contributed by atoms with Gasteiger partial charge in [0, 0.05) is 17.8 Å². The van der Waals surface area contributed by atoms with Gasteiger partial charge in [-0.05, 0) is 42.5 Å². The minimum absolute atomic E-state index is 0.505. The fraction of sp³-hybridized carbons (Fsp3) is 0.615. The summed E-state index contributed by atoms with van der Waals surface area (Å²) < 4.78 is 0. The molecule has 1 heterocycles. The zero-order chi connectivity index (χ0) is 10.5. The molecule has 15 heavy (non-hydrogen) atoms. The first-order valence-corrected chi connectivity index (χ1v) is 6.86. The van der Waals surface area contributed by atoms with Crippen LogP contribution in [0, 0.1) is 5.92 Å². The van der Waals surface area contributed by atoms with Crippen LogP contribution in [-0.4, -0.2) is 12.3 Å². The lowest BCUT2D eigenvalue weighted by Crippen LogP contribution is -2.18. The second-order valence-corrected chi connectivity index (χ2v) is 5.25. The Balaban J connectivity index is 1.87. The van der Waals surface area contributed by atoms with E-state index in [4.69, 9.17) is 0 Å². The number of aliphatic imine (C=N–C) groups is 1. The van der Waals surface area contributed by atoms with Gasteiger partial charge in [0.05, 0.1) is 0 Å². The molecule has 2 rings (SSSR count). The summed E-state index contributed by atoms with van der Waals surface area (Å²) in [4.78, 5) is 4.67. The molecule has 1 saturated carbocycles. The average molecular weight is 221 g/mol. The third kappa shape index (κ3) is 3.16. The van der Waals surface area contributed by atoms with Crippen LogP contribution in [0.4, 0.5) is 0 Å². The summed E-state index contributed by atoms with van der Waals surface area (Å²) in [6, 6.07) is 2.63. The topological polar surface area (TPSA) is 12.4 Å². The highest BCUT2D eigenvalue weighted by atomic mass is 32.1. The zero-order valence-electron chi connectivity index (χ0n) is 9.36. The number of nitrogens with zero attached hydrogens (tertiary/aromatic N) is 1. The van der Waals surface area contributed by atoms with Gasteiger partial charge in [0.15, 0.2) is 0 Å². The lowest BCUT2D eigenvalue weighted by molar-refractivity contribution is 0.318. The normalized spacial score (nSPS) is 20.9. The van der Waals surface area contributed by atoms with Gasteiger partial charge in [0.1, 0.15) is 0 Å². The minimum Gasteiger partial charge on any atom is -0.289 e. The van der Waals surface area contributed by atoms with Crippen molar-refractivity contribution in [3.8, 4) is 0 Å². The quantitative estimate of drug-likeness (QED) is 0.680. The maximum atomic E-state index is 4.67. The van der Waals surface area contributed by atoms with Gasteiger partial charge < -0.3 is 0 Å². The van der Waals surface area contributed by atoms with Gasteiger partial charge in [0.25, 0.3) is 0 Å². The van der Waals surface area contributed by atoms with E-state index in [1.807, 2.05) is 6.21 Å². The summed E-state index contributed by atoms with van der Waals surface area (Å²) in [6.07, 6.45) is 9.03. The molecule has 0 unspecified atom stereocenters. The second kappa shape index (κ2) is 5.45. The summed E-state index contributed by atoms with van der Waals surface area (Å²) in [7, 11) is 0. The minimum atomic E-state index is 0.505. The number of thiophene rings is 1. The molecule has 0 bridgehead atoms. The molecule has 0 aromatic carbocycles. The van der Waals surface area contributed by atoms with Gasteiger partial charge in [-0.3, -0.25) is 4.99 Å². The summed E-state index contributed by atoms with van der Waals surface area (Å²) >= 11 is 1.74. The van der Waals surface area contributed by atoms with Crippen LogP contribution in [-0.2, 0) is 0 Å². The van der Waals surface area contributed by atoms with E-state index in [-0.39, 0.29) is 0 Å². The van der Waals surface area contributed by atoms with Crippen molar-refractivity contribution in [2.75, 3.05) is 0 Å². The highest BCUT2D eigenvalue weighted by molar-refractivity contribution is 7.08. The lowest BCUT2D eigenvalue weighted by Gasteiger charge is -2.24. The first kappa shape index (κ1) is 10.9. The zero-order valence-corrected chi connectivity index (χ0v) is 10.2. The Morgan fingerprint density at radius 2 is 2.20 bits per heavy atom. The molecular weight excluding hydrogens is 202 g/mol. The average Bonchev–Trinajstić information content (AvgIpc) is 2.80. The molecule has 1 fully saturated rings. The molecule has 0 saturated heterocycles. The van der Waals surface area contributed by atoms with Crippen LogP contribution in [0.2, 0.25) is 0 Å². The van der Waals surface area contributed by atoms with Crippen molar-refractivity contribution in [3.05, 3.63) is 22.4 Å². The molecule has 1 aromatic rings. The van der Waals surface area contributed by atoms with E-state index < -0.39 is 0 Å². The predicted molar refractivity (Wildman–Crippen MR) is 68.0 cm³/mol. The second-order valence-electron chi connectivity index (χ2n) is 4.47. The van der Waals surface area contributed by atoms with Gasteiger partial charge in [-0.25, -0.2) is 0 Å². The Bertz CT molecular complexity index is 296. The monoisotopic (exact) mass is 221 g/mol. The molecule has 0 amide bonds. The molecule has 82 valence electrons. The fourth-order valence-electron chi connectivity index (χ4n) is 2.29. The van der Waals surface area contributed by atoms with Crippen molar-refractivity contribution in [3.63, 3.8) is 0 Å². The van der Waals surface area contributed by atoms with E-state index in [1.165, 1.54) is 37.7 Å². The predicted octanol–water partition coefficient (Wildman–Crippen LogP) is 4.14. The Morgan fingerprint density at radius 1 is 1.40 bits per heavy atom. The Morgan fingerprint density at radius 3 is 2.87 bits per heavy atom. The van der Waals surface area contributed by atoms with E-state index in [2.05, 4.69) is 28.7 Å². The molecule has 0 N–H and O–H groups in total. The van der Waals surface area contributed by atoms with E-state index in [0.29, 0.717) is 6.04 Å². The molecule has 2 heteroatoms. The lowest BCUT2D eigenvalue weighted by atomic mass is 9.85. The third-order valence-corrected chi connectivity index (χ3v) is 4.04. The standard InChI is InChI=1S/C13H19NS/c1-11(13-5-3-2-4-6-13)14-9-12-7-8-15-10-12/h7-11,13H,2-6H2,1H3/t11-/m0/s1. The van der Waals surface area contributed by atoms with Gasteiger partial charge in [-0.2, -0.15) is 11.3 Å². The van der Waals surface area contributed by atoms with Gasteiger partial charge in [-0.15, -0.1) is 0 Å².